The molecule has 0 radical (unpaired) electrons. The molecular formula is C12H13F2N3O. The topological polar surface area (TPSA) is 38.1 Å². The summed E-state index contributed by atoms with van der Waals surface area (Å²) in [5.74, 6) is -0.00762. The molecule has 1 aromatic heterocycles. The Morgan fingerprint density at radius 2 is 2.11 bits per heavy atom. The van der Waals surface area contributed by atoms with E-state index < -0.39 is 6.55 Å². The van der Waals surface area contributed by atoms with E-state index in [2.05, 4.69) is 4.98 Å². The van der Waals surface area contributed by atoms with E-state index in [4.69, 9.17) is 0 Å². The predicted molar refractivity (Wildman–Crippen MR) is 63.1 cm³/mol. The molecule has 0 N–H and O–H groups in total. The molecule has 18 heavy (non-hydrogen) atoms. The van der Waals surface area contributed by atoms with Gasteiger partial charge < -0.3 is 4.90 Å². The minimum Gasteiger partial charge on any atom is -0.339 e. The molecule has 1 heterocycles. The highest BCUT2D eigenvalue weighted by Crippen LogP contribution is 2.23. The van der Waals surface area contributed by atoms with Crippen molar-refractivity contribution in [3.05, 3.63) is 30.1 Å². The van der Waals surface area contributed by atoms with Crippen molar-refractivity contribution in [1.82, 2.24) is 14.5 Å². The first kappa shape index (κ1) is 12.5. The standard InChI is InChI=1S/C12H13F2N3O/c1-8(18)16(2)7-11-15-9-5-3-4-6-10(9)17(11)12(13)14/h3-6,12H,7H2,1-2H3. The Hall–Kier alpha value is -1.98. The van der Waals surface area contributed by atoms with E-state index in [1.165, 1.54) is 11.8 Å². The smallest absolute Gasteiger partial charge is 0.320 e. The number of carbonyl (C=O) groups is 1. The molecule has 1 amide bonds. The summed E-state index contributed by atoms with van der Waals surface area (Å²) in [7, 11) is 1.55. The van der Waals surface area contributed by atoms with Crippen LogP contribution in [-0.2, 0) is 11.3 Å². The van der Waals surface area contributed by atoms with E-state index in [0.29, 0.717) is 11.0 Å². The molecule has 0 aliphatic heterocycles. The molecule has 0 bridgehead atoms. The fourth-order valence-electron chi connectivity index (χ4n) is 1.75. The van der Waals surface area contributed by atoms with Crippen molar-refractivity contribution in [3.63, 3.8) is 0 Å². The van der Waals surface area contributed by atoms with E-state index >= 15 is 0 Å². The number of amides is 1. The van der Waals surface area contributed by atoms with Crippen molar-refractivity contribution < 1.29 is 13.6 Å². The van der Waals surface area contributed by atoms with E-state index in [-0.39, 0.29) is 18.3 Å². The molecule has 0 fully saturated rings. The number of alkyl halides is 2. The molecule has 2 aromatic rings. The maximum absolute atomic E-state index is 13.1. The van der Waals surface area contributed by atoms with Gasteiger partial charge in [-0.3, -0.25) is 9.36 Å². The van der Waals surface area contributed by atoms with Crippen molar-refractivity contribution in [2.75, 3.05) is 7.05 Å². The zero-order valence-electron chi connectivity index (χ0n) is 10.1. The van der Waals surface area contributed by atoms with Crippen molar-refractivity contribution in [3.8, 4) is 0 Å². The first-order chi connectivity index (χ1) is 8.50. The zero-order valence-corrected chi connectivity index (χ0v) is 10.1. The number of benzene rings is 1. The number of hydrogen-bond acceptors (Lipinski definition) is 2. The summed E-state index contributed by atoms with van der Waals surface area (Å²) in [5.41, 5.74) is 0.879. The SMILES string of the molecule is CC(=O)N(C)Cc1nc2ccccc2n1C(F)F. The van der Waals surface area contributed by atoms with Gasteiger partial charge in [0.1, 0.15) is 5.82 Å². The Morgan fingerprint density at radius 1 is 1.44 bits per heavy atom. The summed E-state index contributed by atoms with van der Waals surface area (Å²) in [4.78, 5) is 16.6. The lowest BCUT2D eigenvalue weighted by Crippen LogP contribution is -2.25. The van der Waals surface area contributed by atoms with Gasteiger partial charge in [-0.05, 0) is 12.1 Å². The number of fused-ring (bicyclic) bond motifs is 1. The fraction of sp³-hybridized carbons (Fsp3) is 0.333. The summed E-state index contributed by atoms with van der Waals surface area (Å²) in [6.07, 6.45) is 0. The Bertz CT molecular complexity index is 580. The highest BCUT2D eigenvalue weighted by atomic mass is 19.3. The third-order valence-corrected chi connectivity index (χ3v) is 2.78. The van der Waals surface area contributed by atoms with Crippen LogP contribution in [0.25, 0.3) is 11.0 Å². The van der Waals surface area contributed by atoms with E-state index in [9.17, 15) is 13.6 Å². The lowest BCUT2D eigenvalue weighted by Gasteiger charge is -2.15. The van der Waals surface area contributed by atoms with Crippen LogP contribution in [0.5, 0.6) is 0 Å². The van der Waals surface area contributed by atoms with Gasteiger partial charge in [-0.1, -0.05) is 12.1 Å². The van der Waals surface area contributed by atoms with Gasteiger partial charge in [0.15, 0.2) is 0 Å². The number of halogens is 2. The van der Waals surface area contributed by atoms with Crippen molar-refractivity contribution in [2.24, 2.45) is 0 Å². The van der Waals surface area contributed by atoms with Crippen molar-refractivity contribution in [2.45, 2.75) is 20.0 Å². The van der Waals surface area contributed by atoms with Gasteiger partial charge in [0.05, 0.1) is 17.6 Å². The Balaban J connectivity index is 2.49. The largest absolute Gasteiger partial charge is 0.339 e. The summed E-state index contributed by atoms with van der Waals surface area (Å²) >= 11 is 0. The van der Waals surface area contributed by atoms with Crippen molar-refractivity contribution >= 4 is 16.9 Å². The van der Waals surface area contributed by atoms with Gasteiger partial charge in [0.25, 0.3) is 0 Å². The number of nitrogens with zero attached hydrogens (tertiary/aromatic N) is 3. The summed E-state index contributed by atoms with van der Waals surface area (Å²) in [6.45, 7) is -1.23. The van der Waals surface area contributed by atoms with Crippen LogP contribution in [0, 0.1) is 0 Å². The van der Waals surface area contributed by atoms with Gasteiger partial charge in [-0.25, -0.2) is 4.98 Å². The third kappa shape index (κ3) is 2.18. The molecule has 6 heteroatoms. The first-order valence-corrected chi connectivity index (χ1v) is 5.46. The van der Waals surface area contributed by atoms with Gasteiger partial charge in [0.2, 0.25) is 5.91 Å². The van der Waals surface area contributed by atoms with E-state index in [1.807, 2.05) is 0 Å². The molecule has 96 valence electrons. The maximum Gasteiger partial charge on any atom is 0.320 e. The van der Waals surface area contributed by atoms with E-state index in [1.54, 1.807) is 31.3 Å². The second-order valence-electron chi connectivity index (χ2n) is 4.04. The molecule has 0 saturated carbocycles. The second kappa shape index (κ2) is 4.72. The molecule has 0 unspecified atom stereocenters. The van der Waals surface area contributed by atoms with Gasteiger partial charge in [-0.15, -0.1) is 0 Å². The fourth-order valence-corrected chi connectivity index (χ4v) is 1.75. The van der Waals surface area contributed by atoms with Crippen LogP contribution in [0.3, 0.4) is 0 Å². The summed E-state index contributed by atoms with van der Waals surface area (Å²) in [5, 5.41) is 0. The Kier molecular flexibility index (Phi) is 3.27. The molecule has 1 aromatic carbocycles. The summed E-state index contributed by atoms with van der Waals surface area (Å²) in [6, 6.07) is 6.68. The zero-order chi connectivity index (χ0) is 13.3. The number of para-hydroxylation sites is 2. The molecule has 0 saturated heterocycles. The quantitative estimate of drug-likeness (QED) is 0.842. The lowest BCUT2D eigenvalue weighted by molar-refractivity contribution is -0.128. The maximum atomic E-state index is 13.1. The number of aromatic nitrogens is 2. The van der Waals surface area contributed by atoms with E-state index in [0.717, 1.165) is 4.57 Å². The molecular weight excluding hydrogens is 240 g/mol. The highest BCUT2D eigenvalue weighted by molar-refractivity contribution is 5.76. The second-order valence-corrected chi connectivity index (χ2v) is 4.04. The molecule has 0 atom stereocenters. The minimum atomic E-state index is -2.67. The Labute approximate surface area is 103 Å². The van der Waals surface area contributed by atoms with Crippen LogP contribution >= 0.6 is 0 Å². The van der Waals surface area contributed by atoms with Crippen LogP contribution in [-0.4, -0.2) is 27.4 Å². The number of rotatable bonds is 3. The average Bonchev–Trinajstić information content (AvgIpc) is 2.66. The lowest BCUT2D eigenvalue weighted by atomic mass is 10.3. The molecule has 0 spiro atoms. The van der Waals surface area contributed by atoms with Crippen LogP contribution < -0.4 is 0 Å². The van der Waals surface area contributed by atoms with Crippen LogP contribution in [0.15, 0.2) is 24.3 Å². The molecule has 0 aliphatic rings. The summed E-state index contributed by atoms with van der Waals surface area (Å²) < 4.78 is 27.0. The molecule has 0 aliphatic carbocycles. The minimum absolute atomic E-state index is 0.0638. The van der Waals surface area contributed by atoms with Gasteiger partial charge in [0, 0.05) is 14.0 Å². The highest BCUT2D eigenvalue weighted by Gasteiger charge is 2.18. The first-order valence-electron chi connectivity index (χ1n) is 5.46. The monoisotopic (exact) mass is 253 g/mol. The number of hydrogen-bond donors (Lipinski definition) is 0. The van der Waals surface area contributed by atoms with Gasteiger partial charge >= 0.3 is 6.55 Å². The van der Waals surface area contributed by atoms with Crippen LogP contribution in [0.2, 0.25) is 0 Å². The Morgan fingerprint density at radius 3 is 2.72 bits per heavy atom. The predicted octanol–water partition coefficient (Wildman–Crippen LogP) is 2.41. The average molecular weight is 253 g/mol. The normalized spacial score (nSPS) is 11.2. The van der Waals surface area contributed by atoms with Crippen LogP contribution in [0.4, 0.5) is 8.78 Å². The molecule has 4 nitrogen and oxygen atoms in total. The molecule has 2 rings (SSSR count). The number of imidazole rings is 1. The van der Waals surface area contributed by atoms with Gasteiger partial charge in [-0.2, -0.15) is 8.78 Å². The third-order valence-electron chi connectivity index (χ3n) is 2.78. The van der Waals surface area contributed by atoms with Crippen molar-refractivity contribution in [1.29, 1.82) is 0 Å². The van der Waals surface area contributed by atoms with Crippen LogP contribution in [0.1, 0.15) is 19.3 Å². The number of carbonyl (C=O) groups excluding carboxylic acids is 1.